The van der Waals surface area contributed by atoms with E-state index >= 15 is 0 Å². The summed E-state index contributed by atoms with van der Waals surface area (Å²) in [5.41, 5.74) is 3.99. The normalized spacial score (nSPS) is 14.4. The van der Waals surface area contributed by atoms with Crippen LogP contribution in [0.15, 0.2) is 72.8 Å². The molecule has 0 radical (unpaired) electrons. The van der Waals surface area contributed by atoms with Gasteiger partial charge in [0.25, 0.3) is 0 Å². The first-order valence-corrected chi connectivity index (χ1v) is 17.6. The molecule has 3 N–H and O–H groups in total. The molecule has 1 aliphatic carbocycles. The highest BCUT2D eigenvalue weighted by molar-refractivity contribution is 5.93. The Kier molecular flexibility index (Phi) is 12.6. The highest BCUT2D eigenvalue weighted by Crippen LogP contribution is 2.44. The third-order valence-corrected chi connectivity index (χ3v) is 8.21. The Bertz CT molecular complexity index is 1640. The van der Waals surface area contributed by atoms with Crippen molar-refractivity contribution in [3.63, 3.8) is 0 Å². The molecule has 0 saturated carbocycles. The third kappa shape index (κ3) is 11.3. The van der Waals surface area contributed by atoms with Gasteiger partial charge in [0, 0.05) is 12.3 Å². The van der Waals surface area contributed by atoms with Crippen molar-refractivity contribution < 1.29 is 33.4 Å². The van der Waals surface area contributed by atoms with E-state index in [0.29, 0.717) is 12.2 Å². The Morgan fingerprint density at radius 2 is 1.25 bits per heavy atom. The molecule has 3 aromatic rings. The molecule has 3 aromatic carbocycles. The predicted molar refractivity (Wildman–Crippen MR) is 197 cm³/mol. The van der Waals surface area contributed by atoms with E-state index in [1.165, 1.54) is 6.92 Å². The van der Waals surface area contributed by atoms with Crippen LogP contribution < -0.4 is 20.7 Å². The first-order chi connectivity index (χ1) is 23.9. The second-order valence-electron chi connectivity index (χ2n) is 15.5. The van der Waals surface area contributed by atoms with Crippen LogP contribution in [0.3, 0.4) is 0 Å². The Morgan fingerprint density at radius 1 is 0.686 bits per heavy atom. The molecule has 274 valence electrons. The largest absolute Gasteiger partial charge is 0.488 e. The molecule has 4 rings (SSSR count). The first kappa shape index (κ1) is 38.9. The second kappa shape index (κ2) is 16.4. The summed E-state index contributed by atoms with van der Waals surface area (Å²) in [6.07, 6.45) is -0.278. The lowest BCUT2D eigenvalue weighted by Crippen LogP contribution is -2.55. The van der Waals surface area contributed by atoms with Crippen molar-refractivity contribution in [2.45, 2.75) is 110 Å². The highest BCUT2D eigenvalue weighted by Gasteiger charge is 2.32. The average molecular weight is 700 g/mol. The highest BCUT2D eigenvalue weighted by atomic mass is 16.6. The second-order valence-corrected chi connectivity index (χ2v) is 15.5. The Labute approximate surface area is 302 Å². The zero-order valence-electron chi connectivity index (χ0n) is 31.3. The van der Waals surface area contributed by atoms with E-state index in [0.717, 1.165) is 27.8 Å². The van der Waals surface area contributed by atoms with Crippen molar-refractivity contribution in [3.05, 3.63) is 89.5 Å². The molecule has 3 amide bonds. The molecule has 1 aliphatic rings. The summed E-state index contributed by atoms with van der Waals surface area (Å²) in [5, 5.41) is 8.20. The van der Waals surface area contributed by atoms with Gasteiger partial charge in [-0.3, -0.25) is 9.59 Å². The summed E-state index contributed by atoms with van der Waals surface area (Å²) in [4.78, 5) is 53.3. The maximum Gasteiger partial charge on any atom is 0.407 e. The van der Waals surface area contributed by atoms with Gasteiger partial charge in [-0.25, -0.2) is 9.59 Å². The third-order valence-electron chi connectivity index (χ3n) is 8.21. The van der Waals surface area contributed by atoms with E-state index in [4.69, 9.17) is 14.2 Å². The maximum atomic E-state index is 13.7. The van der Waals surface area contributed by atoms with Crippen molar-refractivity contribution in [2.75, 3.05) is 6.61 Å². The topological polar surface area (TPSA) is 132 Å². The molecular formula is C41H53N3O7. The van der Waals surface area contributed by atoms with Gasteiger partial charge in [0.2, 0.25) is 11.8 Å². The summed E-state index contributed by atoms with van der Waals surface area (Å²) < 4.78 is 17.2. The standard InChI is InChI=1S/C41H53N3O7/c1-25(2)22-35(38(47)51-41(7,8)9)43-36(45)26(3)42-37(46)34(23-27-18-20-28(21-19-27)50-40(4,5)6)44-39(48)49-24-33-31-16-12-10-14-29(31)30-15-11-13-17-32(30)33/h10-21,25-26,33-35H,22-24H2,1-9H3,(H,42,46)(H,43,45)(H,44,48)/t26-,34-,35-/m0/s1. The molecule has 10 nitrogen and oxygen atoms in total. The van der Waals surface area contributed by atoms with E-state index in [2.05, 4.69) is 28.1 Å². The van der Waals surface area contributed by atoms with Gasteiger partial charge < -0.3 is 30.2 Å². The van der Waals surface area contributed by atoms with Crippen LogP contribution >= 0.6 is 0 Å². The van der Waals surface area contributed by atoms with Crippen LogP contribution in [0.1, 0.15) is 91.3 Å². The average Bonchev–Trinajstić information content (AvgIpc) is 3.35. The van der Waals surface area contributed by atoms with Gasteiger partial charge >= 0.3 is 12.1 Å². The number of ether oxygens (including phenoxy) is 3. The number of rotatable bonds is 13. The van der Waals surface area contributed by atoms with Gasteiger partial charge in [0.1, 0.15) is 41.7 Å². The van der Waals surface area contributed by atoms with E-state index in [1.54, 1.807) is 20.8 Å². The Balaban J connectivity index is 1.47. The molecular weight excluding hydrogens is 646 g/mol. The minimum Gasteiger partial charge on any atom is -0.488 e. The maximum absolute atomic E-state index is 13.7. The summed E-state index contributed by atoms with van der Waals surface area (Å²) in [6, 6.07) is 20.4. The van der Waals surface area contributed by atoms with Crippen LogP contribution in [-0.2, 0) is 30.3 Å². The van der Waals surface area contributed by atoms with Crippen LogP contribution in [0.4, 0.5) is 4.79 Å². The fourth-order valence-electron chi connectivity index (χ4n) is 6.01. The molecule has 3 atom stereocenters. The quantitative estimate of drug-likeness (QED) is 0.169. The minimum atomic E-state index is -1.08. The smallest absolute Gasteiger partial charge is 0.407 e. The van der Waals surface area contributed by atoms with Gasteiger partial charge in [0.15, 0.2) is 0 Å². The Hall–Kier alpha value is -4.86. The number of esters is 1. The molecule has 0 bridgehead atoms. The van der Waals surface area contributed by atoms with Gasteiger partial charge in [-0.05, 0) is 101 Å². The summed E-state index contributed by atoms with van der Waals surface area (Å²) >= 11 is 0. The van der Waals surface area contributed by atoms with Crippen LogP contribution in [0.5, 0.6) is 5.75 Å². The number of carbonyl (C=O) groups excluding carboxylic acids is 4. The number of amides is 3. The van der Waals surface area contributed by atoms with Crippen molar-refractivity contribution in [1.29, 1.82) is 0 Å². The van der Waals surface area contributed by atoms with Gasteiger partial charge in [-0.15, -0.1) is 0 Å². The lowest BCUT2D eigenvalue weighted by molar-refractivity contribution is -0.159. The van der Waals surface area contributed by atoms with Gasteiger partial charge in [-0.1, -0.05) is 74.5 Å². The van der Waals surface area contributed by atoms with Gasteiger partial charge in [-0.2, -0.15) is 0 Å². The summed E-state index contributed by atoms with van der Waals surface area (Å²) in [7, 11) is 0. The number of hydrogen-bond donors (Lipinski definition) is 3. The lowest BCUT2D eigenvalue weighted by Gasteiger charge is -2.27. The van der Waals surface area contributed by atoms with E-state index < -0.39 is 47.6 Å². The van der Waals surface area contributed by atoms with Gasteiger partial charge in [0.05, 0.1) is 0 Å². The van der Waals surface area contributed by atoms with Crippen LogP contribution in [-0.4, -0.2) is 59.8 Å². The van der Waals surface area contributed by atoms with Crippen LogP contribution in [0.25, 0.3) is 11.1 Å². The fraction of sp³-hybridized carbons (Fsp3) is 0.463. The number of alkyl carbamates (subject to hydrolysis) is 1. The number of hydrogen-bond acceptors (Lipinski definition) is 7. The number of benzene rings is 3. The molecule has 0 fully saturated rings. The first-order valence-electron chi connectivity index (χ1n) is 17.6. The molecule has 10 heteroatoms. The van der Waals surface area contributed by atoms with Crippen molar-refractivity contribution in [1.82, 2.24) is 16.0 Å². The molecule has 0 heterocycles. The molecule has 51 heavy (non-hydrogen) atoms. The molecule has 0 spiro atoms. The molecule has 0 unspecified atom stereocenters. The Morgan fingerprint density at radius 3 is 1.78 bits per heavy atom. The lowest BCUT2D eigenvalue weighted by atomic mass is 9.98. The number of carbonyl (C=O) groups is 4. The monoisotopic (exact) mass is 699 g/mol. The zero-order valence-corrected chi connectivity index (χ0v) is 31.3. The van der Waals surface area contributed by atoms with Crippen molar-refractivity contribution in [3.8, 4) is 16.9 Å². The van der Waals surface area contributed by atoms with E-state index in [9.17, 15) is 19.2 Å². The summed E-state index contributed by atoms with van der Waals surface area (Å²) in [5.74, 6) is -1.07. The van der Waals surface area contributed by atoms with Crippen LogP contribution in [0, 0.1) is 5.92 Å². The van der Waals surface area contributed by atoms with E-state index in [-0.39, 0.29) is 30.5 Å². The van der Waals surface area contributed by atoms with Crippen molar-refractivity contribution in [2.24, 2.45) is 5.92 Å². The predicted octanol–water partition coefficient (Wildman–Crippen LogP) is 6.69. The zero-order chi connectivity index (χ0) is 37.5. The fourth-order valence-corrected chi connectivity index (χ4v) is 6.01. The van der Waals surface area contributed by atoms with E-state index in [1.807, 2.05) is 95.3 Å². The van der Waals surface area contributed by atoms with Crippen molar-refractivity contribution >= 4 is 23.9 Å². The summed E-state index contributed by atoms with van der Waals surface area (Å²) in [6.45, 7) is 16.6. The number of fused-ring (bicyclic) bond motifs is 3. The molecule has 0 saturated heterocycles. The number of nitrogens with one attached hydrogen (secondary N) is 3. The minimum absolute atomic E-state index is 0.0771. The van der Waals surface area contributed by atoms with Crippen LogP contribution in [0.2, 0.25) is 0 Å². The molecule has 0 aromatic heterocycles. The molecule has 0 aliphatic heterocycles. The SMILES string of the molecule is CC(C)C[C@H](NC(=O)[C@H](C)NC(=O)[C@H](Cc1ccc(OC(C)(C)C)cc1)NC(=O)OCC1c2ccccc2-c2ccccc21)C(=O)OC(C)(C)C.